The van der Waals surface area contributed by atoms with Crippen LogP contribution in [-0.4, -0.2) is 35.3 Å². The minimum Gasteiger partial charge on any atom is -0.296 e. The Morgan fingerprint density at radius 2 is 1.76 bits per heavy atom. The summed E-state index contributed by atoms with van der Waals surface area (Å²) in [6, 6.07) is 11.7. The van der Waals surface area contributed by atoms with E-state index in [0.29, 0.717) is 0 Å². The van der Waals surface area contributed by atoms with Crippen LogP contribution in [0.5, 0.6) is 0 Å². The third-order valence-corrected chi connectivity index (χ3v) is 3.88. The van der Waals surface area contributed by atoms with Crippen LogP contribution in [0.4, 0.5) is 0 Å². The quantitative estimate of drug-likeness (QED) is 0.763. The Balaban J connectivity index is 1.93. The summed E-state index contributed by atoms with van der Waals surface area (Å²) < 4.78 is 0. The number of carbonyl (C=O) groups excluding carboxylic acids is 1. The van der Waals surface area contributed by atoms with Crippen LogP contribution in [0.15, 0.2) is 48.8 Å². The zero-order valence-electron chi connectivity index (χ0n) is 12.9. The van der Waals surface area contributed by atoms with Crippen molar-refractivity contribution in [2.45, 2.75) is 26.3 Å². The molecule has 0 saturated heterocycles. The molecule has 0 fully saturated rings. The number of aryl methyl sites for hydroxylation is 1. The number of carbonyl (C=O) groups is 1. The highest BCUT2D eigenvalue weighted by Crippen LogP contribution is 2.10. The van der Waals surface area contributed by atoms with Crippen LogP contribution in [0, 0.1) is 6.92 Å². The van der Waals surface area contributed by atoms with Gasteiger partial charge in [-0.05, 0) is 45.0 Å². The lowest BCUT2D eigenvalue weighted by atomic mass is 10.0. The van der Waals surface area contributed by atoms with Gasteiger partial charge >= 0.3 is 0 Å². The number of benzene rings is 1. The Kier molecular flexibility index (Phi) is 5.23. The molecule has 0 bridgehead atoms. The first-order chi connectivity index (χ1) is 10.1. The van der Waals surface area contributed by atoms with E-state index < -0.39 is 0 Å². The van der Waals surface area contributed by atoms with Gasteiger partial charge in [-0.1, -0.05) is 29.8 Å². The number of hydrogen-bond acceptors (Lipinski definition) is 3. The zero-order valence-corrected chi connectivity index (χ0v) is 12.9. The van der Waals surface area contributed by atoms with Crippen molar-refractivity contribution in [2.24, 2.45) is 0 Å². The summed E-state index contributed by atoms with van der Waals surface area (Å²) >= 11 is 0. The van der Waals surface area contributed by atoms with Crippen molar-refractivity contribution in [3.8, 4) is 0 Å². The van der Waals surface area contributed by atoms with Crippen LogP contribution < -0.4 is 0 Å². The number of Topliss-reactive ketones (excluding diaryl/α,β-unsaturated/α-hetero) is 1. The van der Waals surface area contributed by atoms with E-state index in [4.69, 9.17) is 0 Å². The van der Waals surface area contributed by atoms with Gasteiger partial charge in [0.25, 0.3) is 0 Å². The van der Waals surface area contributed by atoms with E-state index >= 15 is 0 Å². The molecular weight excluding hydrogens is 260 g/mol. The predicted molar refractivity (Wildman–Crippen MR) is 85.5 cm³/mol. The number of aromatic nitrogens is 1. The second kappa shape index (κ2) is 7.14. The second-order valence-electron chi connectivity index (χ2n) is 5.49. The largest absolute Gasteiger partial charge is 0.296 e. The van der Waals surface area contributed by atoms with Gasteiger partial charge in [-0.15, -0.1) is 0 Å². The van der Waals surface area contributed by atoms with Gasteiger partial charge in [0, 0.05) is 24.5 Å². The zero-order chi connectivity index (χ0) is 15.2. The van der Waals surface area contributed by atoms with E-state index in [1.54, 1.807) is 12.4 Å². The Morgan fingerprint density at radius 1 is 1.14 bits per heavy atom. The normalized spacial score (nSPS) is 12.4. The minimum absolute atomic E-state index is 0.116. The molecule has 21 heavy (non-hydrogen) atoms. The molecule has 0 radical (unpaired) electrons. The SMILES string of the molecule is Cc1ccc(C(=O)C(C)N(C)CCc2ccncc2)cc1. The fourth-order valence-electron chi connectivity index (χ4n) is 2.21. The third-order valence-electron chi connectivity index (χ3n) is 3.88. The van der Waals surface area contributed by atoms with Crippen molar-refractivity contribution in [3.05, 3.63) is 65.5 Å². The molecule has 1 aromatic heterocycles. The van der Waals surface area contributed by atoms with Crippen molar-refractivity contribution < 1.29 is 4.79 Å². The van der Waals surface area contributed by atoms with Crippen LogP contribution in [0.1, 0.15) is 28.4 Å². The smallest absolute Gasteiger partial charge is 0.179 e. The van der Waals surface area contributed by atoms with Crippen molar-refractivity contribution in [2.75, 3.05) is 13.6 Å². The second-order valence-corrected chi connectivity index (χ2v) is 5.49. The summed E-state index contributed by atoms with van der Waals surface area (Å²) in [4.78, 5) is 18.6. The lowest BCUT2D eigenvalue weighted by Crippen LogP contribution is -2.37. The van der Waals surface area contributed by atoms with Crippen molar-refractivity contribution in [1.82, 2.24) is 9.88 Å². The molecule has 2 aromatic rings. The molecule has 1 unspecified atom stereocenters. The van der Waals surface area contributed by atoms with E-state index in [-0.39, 0.29) is 11.8 Å². The van der Waals surface area contributed by atoms with Crippen molar-refractivity contribution in [1.29, 1.82) is 0 Å². The third kappa shape index (κ3) is 4.23. The van der Waals surface area contributed by atoms with Crippen LogP contribution in [-0.2, 0) is 6.42 Å². The summed E-state index contributed by atoms with van der Waals surface area (Å²) in [6.07, 6.45) is 4.52. The van der Waals surface area contributed by atoms with Gasteiger partial charge in [0.05, 0.1) is 6.04 Å². The standard InChI is InChI=1S/C18H22N2O/c1-14-4-6-17(7-5-14)18(21)15(2)20(3)13-10-16-8-11-19-12-9-16/h4-9,11-12,15H,10,13H2,1-3H3. The molecule has 0 saturated carbocycles. The molecule has 3 heteroatoms. The minimum atomic E-state index is -0.116. The average molecular weight is 282 g/mol. The molecular formula is C18H22N2O. The fraction of sp³-hybridized carbons (Fsp3) is 0.333. The number of ketones is 1. The number of rotatable bonds is 6. The summed E-state index contributed by atoms with van der Waals surface area (Å²) in [6.45, 7) is 4.84. The van der Waals surface area contributed by atoms with Crippen LogP contribution in [0.25, 0.3) is 0 Å². The van der Waals surface area contributed by atoms with E-state index in [1.165, 1.54) is 11.1 Å². The molecule has 0 aliphatic rings. The van der Waals surface area contributed by atoms with Gasteiger partial charge in [-0.3, -0.25) is 14.7 Å². The molecule has 0 aliphatic carbocycles. The molecule has 0 spiro atoms. The Labute approximate surface area is 126 Å². The highest BCUT2D eigenvalue weighted by molar-refractivity contribution is 5.99. The maximum absolute atomic E-state index is 12.5. The number of likely N-dealkylation sites (N-methyl/N-ethyl adjacent to an activating group) is 1. The fourth-order valence-corrected chi connectivity index (χ4v) is 2.21. The van der Waals surface area contributed by atoms with Gasteiger partial charge in [-0.25, -0.2) is 0 Å². The molecule has 1 atom stereocenters. The maximum atomic E-state index is 12.5. The van der Waals surface area contributed by atoms with Crippen LogP contribution in [0.2, 0.25) is 0 Å². The Hall–Kier alpha value is -2.00. The molecule has 1 heterocycles. The van der Waals surface area contributed by atoms with E-state index in [0.717, 1.165) is 18.5 Å². The van der Waals surface area contributed by atoms with Crippen LogP contribution in [0.3, 0.4) is 0 Å². The molecule has 110 valence electrons. The van der Waals surface area contributed by atoms with Crippen molar-refractivity contribution >= 4 is 5.78 Å². The van der Waals surface area contributed by atoms with E-state index in [2.05, 4.69) is 9.88 Å². The van der Waals surface area contributed by atoms with Gasteiger partial charge in [0.1, 0.15) is 0 Å². The Bertz CT molecular complexity index is 578. The summed E-state index contributed by atoms with van der Waals surface area (Å²) in [5, 5.41) is 0. The number of nitrogens with zero attached hydrogens (tertiary/aromatic N) is 2. The first-order valence-electron chi connectivity index (χ1n) is 7.28. The molecule has 2 rings (SSSR count). The topological polar surface area (TPSA) is 33.2 Å². The lowest BCUT2D eigenvalue weighted by Gasteiger charge is -2.23. The molecule has 0 aliphatic heterocycles. The summed E-state index contributed by atoms with van der Waals surface area (Å²) in [7, 11) is 2.00. The number of hydrogen-bond donors (Lipinski definition) is 0. The molecule has 0 amide bonds. The monoisotopic (exact) mass is 282 g/mol. The van der Waals surface area contributed by atoms with E-state index in [9.17, 15) is 4.79 Å². The molecule has 0 N–H and O–H groups in total. The van der Waals surface area contributed by atoms with Crippen LogP contribution >= 0.6 is 0 Å². The molecule has 3 nitrogen and oxygen atoms in total. The first kappa shape index (κ1) is 15.4. The van der Waals surface area contributed by atoms with Gasteiger partial charge in [0.2, 0.25) is 0 Å². The number of pyridine rings is 1. The predicted octanol–water partition coefficient (Wildman–Crippen LogP) is 3.14. The summed E-state index contributed by atoms with van der Waals surface area (Å²) in [5.74, 6) is 0.173. The highest BCUT2D eigenvalue weighted by Gasteiger charge is 2.19. The Morgan fingerprint density at radius 3 is 2.38 bits per heavy atom. The van der Waals surface area contributed by atoms with Gasteiger partial charge < -0.3 is 0 Å². The molecule has 1 aromatic carbocycles. The maximum Gasteiger partial charge on any atom is 0.179 e. The van der Waals surface area contributed by atoms with E-state index in [1.807, 2.05) is 57.3 Å². The highest BCUT2D eigenvalue weighted by atomic mass is 16.1. The van der Waals surface area contributed by atoms with Gasteiger partial charge in [-0.2, -0.15) is 0 Å². The summed E-state index contributed by atoms with van der Waals surface area (Å²) in [5.41, 5.74) is 3.20. The lowest BCUT2D eigenvalue weighted by molar-refractivity contribution is 0.0870. The van der Waals surface area contributed by atoms with Crippen molar-refractivity contribution in [3.63, 3.8) is 0 Å². The first-order valence-corrected chi connectivity index (χ1v) is 7.28. The van der Waals surface area contributed by atoms with Gasteiger partial charge in [0.15, 0.2) is 5.78 Å². The average Bonchev–Trinajstić information content (AvgIpc) is 2.53.